The second-order valence-corrected chi connectivity index (χ2v) is 2.95. The predicted molar refractivity (Wildman–Crippen MR) is 55.8 cm³/mol. The molecule has 0 unspecified atom stereocenters. The van der Waals surface area contributed by atoms with E-state index in [9.17, 15) is 0 Å². The van der Waals surface area contributed by atoms with E-state index in [1.807, 2.05) is 6.07 Å². The van der Waals surface area contributed by atoms with Crippen molar-refractivity contribution < 1.29 is 4.42 Å². The monoisotopic (exact) mass is 204 g/mol. The molecule has 1 atom stereocenters. The molecule has 1 rings (SSSR count). The maximum atomic E-state index is 5.88. The first-order valence-corrected chi connectivity index (χ1v) is 4.32. The zero-order valence-corrected chi connectivity index (χ0v) is 8.43. The van der Waals surface area contributed by atoms with E-state index < -0.39 is 0 Å². The van der Waals surface area contributed by atoms with Crippen molar-refractivity contribution in [1.82, 2.24) is 0 Å². The van der Waals surface area contributed by atoms with Crippen molar-refractivity contribution in [2.75, 3.05) is 6.54 Å². The van der Waals surface area contributed by atoms with E-state index in [4.69, 9.17) is 15.9 Å². The first kappa shape index (κ1) is 12.5. The van der Waals surface area contributed by atoms with Gasteiger partial charge in [0.25, 0.3) is 0 Å². The summed E-state index contributed by atoms with van der Waals surface area (Å²) < 4.78 is 4.94. The zero-order valence-electron chi connectivity index (χ0n) is 7.61. The van der Waals surface area contributed by atoms with Crippen molar-refractivity contribution in [3.63, 3.8) is 0 Å². The van der Waals surface area contributed by atoms with E-state index in [1.54, 1.807) is 12.5 Å². The fourth-order valence-electron chi connectivity index (χ4n) is 1.16. The van der Waals surface area contributed by atoms with E-state index in [0.717, 1.165) is 31.4 Å². The lowest BCUT2D eigenvalue weighted by Crippen LogP contribution is -2.10. The molecular weight excluding hydrogens is 188 g/mol. The van der Waals surface area contributed by atoms with Crippen LogP contribution in [0.1, 0.15) is 30.9 Å². The molecule has 0 saturated carbocycles. The number of unbranched alkanes of at least 4 members (excludes halogenated alkanes) is 1. The van der Waals surface area contributed by atoms with Crippen LogP contribution in [-0.2, 0) is 0 Å². The van der Waals surface area contributed by atoms with Gasteiger partial charge in [0.2, 0.25) is 0 Å². The highest BCUT2D eigenvalue weighted by atomic mass is 35.5. The molecule has 0 bridgehead atoms. The normalized spacial score (nSPS) is 12.2. The van der Waals surface area contributed by atoms with E-state index in [-0.39, 0.29) is 18.4 Å². The Bertz CT molecular complexity index is 201. The van der Waals surface area contributed by atoms with Crippen LogP contribution in [0.2, 0.25) is 0 Å². The Morgan fingerprint density at radius 3 is 2.69 bits per heavy atom. The summed E-state index contributed by atoms with van der Waals surface area (Å²) in [6.45, 7) is 0.748. The fourth-order valence-corrected chi connectivity index (χ4v) is 1.16. The molecule has 4 N–H and O–H groups in total. The summed E-state index contributed by atoms with van der Waals surface area (Å²) in [5.74, 6) is 0. The molecule has 3 nitrogen and oxygen atoms in total. The highest BCUT2D eigenvalue weighted by molar-refractivity contribution is 5.85. The second-order valence-electron chi connectivity index (χ2n) is 2.95. The minimum absolute atomic E-state index is 0. The Hall–Kier alpha value is -0.510. The van der Waals surface area contributed by atoms with Gasteiger partial charge in [-0.2, -0.15) is 0 Å². The Kier molecular flexibility index (Phi) is 6.68. The van der Waals surface area contributed by atoms with E-state index in [0.29, 0.717) is 0 Å². The summed E-state index contributed by atoms with van der Waals surface area (Å²) in [4.78, 5) is 0. The molecule has 0 amide bonds. The predicted octanol–water partition coefficient (Wildman–Crippen LogP) is 1.83. The summed E-state index contributed by atoms with van der Waals surface area (Å²) in [6.07, 6.45) is 6.47. The Balaban J connectivity index is 0.00000144. The van der Waals surface area contributed by atoms with Gasteiger partial charge in [-0.15, -0.1) is 12.4 Å². The van der Waals surface area contributed by atoms with Crippen molar-refractivity contribution in [1.29, 1.82) is 0 Å². The number of hydrogen-bond acceptors (Lipinski definition) is 3. The average Bonchev–Trinajstić information content (AvgIpc) is 2.56. The summed E-state index contributed by atoms with van der Waals surface area (Å²) in [6, 6.07) is 2.02. The second kappa shape index (κ2) is 6.95. The molecule has 76 valence electrons. The Morgan fingerprint density at radius 1 is 1.38 bits per heavy atom. The van der Waals surface area contributed by atoms with E-state index in [2.05, 4.69) is 0 Å². The van der Waals surface area contributed by atoms with Gasteiger partial charge in [-0.05, 0) is 25.5 Å². The number of hydrogen-bond donors (Lipinski definition) is 2. The molecule has 0 aliphatic heterocycles. The molecular formula is C9H17ClN2O. The molecule has 0 aromatic carbocycles. The van der Waals surface area contributed by atoms with Crippen LogP contribution in [0.4, 0.5) is 0 Å². The number of halogens is 1. The highest BCUT2D eigenvalue weighted by Gasteiger charge is 2.05. The molecule has 0 saturated heterocycles. The molecule has 0 radical (unpaired) electrons. The lowest BCUT2D eigenvalue weighted by Gasteiger charge is -2.07. The summed E-state index contributed by atoms with van der Waals surface area (Å²) in [5.41, 5.74) is 12.3. The van der Waals surface area contributed by atoms with Crippen LogP contribution >= 0.6 is 12.4 Å². The molecule has 4 heteroatoms. The van der Waals surface area contributed by atoms with Gasteiger partial charge in [0.15, 0.2) is 0 Å². The SMILES string of the molecule is Cl.NCCCC[C@H](N)c1ccoc1. The zero-order chi connectivity index (χ0) is 8.81. The van der Waals surface area contributed by atoms with Crippen LogP contribution in [0.3, 0.4) is 0 Å². The molecule has 13 heavy (non-hydrogen) atoms. The Labute approximate surface area is 84.9 Å². The topological polar surface area (TPSA) is 65.2 Å². The molecule has 1 aromatic heterocycles. The van der Waals surface area contributed by atoms with Gasteiger partial charge in [0.05, 0.1) is 12.5 Å². The van der Waals surface area contributed by atoms with Gasteiger partial charge < -0.3 is 15.9 Å². The van der Waals surface area contributed by atoms with Gasteiger partial charge in [-0.3, -0.25) is 0 Å². The molecule has 1 heterocycles. The smallest absolute Gasteiger partial charge is 0.0950 e. The largest absolute Gasteiger partial charge is 0.472 e. The minimum Gasteiger partial charge on any atom is -0.472 e. The van der Waals surface area contributed by atoms with Gasteiger partial charge in [0, 0.05) is 11.6 Å². The lowest BCUT2D eigenvalue weighted by atomic mass is 10.1. The molecule has 0 fully saturated rings. The fraction of sp³-hybridized carbons (Fsp3) is 0.556. The van der Waals surface area contributed by atoms with Crippen LogP contribution in [0.25, 0.3) is 0 Å². The van der Waals surface area contributed by atoms with Gasteiger partial charge >= 0.3 is 0 Å². The van der Waals surface area contributed by atoms with Crippen LogP contribution in [-0.4, -0.2) is 6.54 Å². The first-order valence-electron chi connectivity index (χ1n) is 4.32. The Morgan fingerprint density at radius 2 is 2.15 bits per heavy atom. The average molecular weight is 205 g/mol. The van der Waals surface area contributed by atoms with Crippen molar-refractivity contribution in [3.05, 3.63) is 24.2 Å². The van der Waals surface area contributed by atoms with Crippen molar-refractivity contribution >= 4 is 12.4 Å². The third kappa shape index (κ3) is 4.31. The van der Waals surface area contributed by atoms with Crippen LogP contribution in [0, 0.1) is 0 Å². The number of rotatable bonds is 5. The van der Waals surface area contributed by atoms with Crippen molar-refractivity contribution in [3.8, 4) is 0 Å². The van der Waals surface area contributed by atoms with Crippen LogP contribution < -0.4 is 11.5 Å². The summed E-state index contributed by atoms with van der Waals surface area (Å²) in [7, 11) is 0. The minimum atomic E-state index is 0. The standard InChI is InChI=1S/C9H16N2O.ClH/c10-5-2-1-3-9(11)8-4-6-12-7-8;/h4,6-7,9H,1-3,5,10-11H2;1H/t9-;/m0./s1. The number of nitrogens with two attached hydrogens (primary N) is 2. The van der Waals surface area contributed by atoms with Gasteiger partial charge in [0.1, 0.15) is 0 Å². The molecule has 0 aliphatic rings. The highest BCUT2D eigenvalue weighted by Crippen LogP contribution is 2.16. The molecule has 0 aliphatic carbocycles. The maximum Gasteiger partial charge on any atom is 0.0950 e. The summed E-state index contributed by atoms with van der Waals surface area (Å²) in [5, 5.41) is 0. The first-order chi connectivity index (χ1) is 5.84. The van der Waals surface area contributed by atoms with Gasteiger partial charge in [-0.25, -0.2) is 0 Å². The maximum absolute atomic E-state index is 5.88. The van der Waals surface area contributed by atoms with Crippen molar-refractivity contribution in [2.24, 2.45) is 11.5 Å². The van der Waals surface area contributed by atoms with E-state index >= 15 is 0 Å². The van der Waals surface area contributed by atoms with Crippen molar-refractivity contribution in [2.45, 2.75) is 25.3 Å². The third-order valence-electron chi connectivity index (χ3n) is 1.94. The van der Waals surface area contributed by atoms with E-state index in [1.165, 1.54) is 0 Å². The lowest BCUT2D eigenvalue weighted by molar-refractivity contribution is 0.546. The number of furan rings is 1. The molecule has 0 spiro atoms. The quantitative estimate of drug-likeness (QED) is 0.720. The van der Waals surface area contributed by atoms with Gasteiger partial charge in [-0.1, -0.05) is 6.42 Å². The summed E-state index contributed by atoms with van der Waals surface area (Å²) >= 11 is 0. The van der Waals surface area contributed by atoms with Crippen LogP contribution in [0.15, 0.2) is 23.0 Å². The van der Waals surface area contributed by atoms with Crippen LogP contribution in [0.5, 0.6) is 0 Å². The molecule has 1 aromatic rings. The third-order valence-corrected chi connectivity index (χ3v) is 1.94.